The molecule has 0 aliphatic carbocycles. The Hall–Kier alpha value is -5.99. The molecule has 0 aliphatic rings. The van der Waals surface area contributed by atoms with Crippen LogP contribution in [0, 0.1) is 0 Å². The Labute approximate surface area is 261 Å². The molecule has 0 aliphatic heterocycles. The third-order valence-corrected chi connectivity index (χ3v) is 8.98. The highest BCUT2D eigenvalue weighted by Gasteiger charge is 2.21. The van der Waals surface area contributed by atoms with Crippen LogP contribution >= 0.6 is 0 Å². The van der Waals surface area contributed by atoms with Gasteiger partial charge in [0, 0.05) is 11.1 Å². The van der Waals surface area contributed by atoms with Gasteiger partial charge in [-0.1, -0.05) is 146 Å². The fourth-order valence-corrected chi connectivity index (χ4v) is 7.01. The Morgan fingerprint density at radius 2 is 0.978 bits per heavy atom. The summed E-state index contributed by atoms with van der Waals surface area (Å²) in [6.45, 7) is 0. The summed E-state index contributed by atoms with van der Waals surface area (Å²) in [5, 5.41) is 7.46. The lowest BCUT2D eigenvalue weighted by Gasteiger charge is -2.21. The number of para-hydroxylation sites is 3. The molecule has 0 fully saturated rings. The minimum absolute atomic E-state index is 0.936. The van der Waals surface area contributed by atoms with Crippen molar-refractivity contribution in [3.05, 3.63) is 170 Å². The van der Waals surface area contributed by atoms with Crippen molar-refractivity contribution in [2.75, 3.05) is 0 Å². The second-order valence-electron chi connectivity index (χ2n) is 11.5. The highest BCUT2D eigenvalue weighted by atomic mass is 15.1. The molecule has 2 nitrogen and oxygen atoms in total. The first-order valence-electron chi connectivity index (χ1n) is 15.4. The molecule has 0 saturated carbocycles. The van der Waals surface area contributed by atoms with Crippen molar-refractivity contribution in [1.82, 2.24) is 9.55 Å². The number of nitrogens with zero attached hydrogens (tertiary/aromatic N) is 2. The normalized spacial score (nSPS) is 11.6. The van der Waals surface area contributed by atoms with E-state index in [4.69, 9.17) is 4.98 Å². The lowest BCUT2D eigenvalue weighted by atomic mass is 9.85. The average Bonchev–Trinajstić information content (AvgIpc) is 3.50. The van der Waals surface area contributed by atoms with E-state index >= 15 is 0 Å². The summed E-state index contributed by atoms with van der Waals surface area (Å²) in [7, 11) is 0. The highest BCUT2D eigenvalue weighted by Crippen LogP contribution is 2.46. The third kappa shape index (κ3) is 4.07. The van der Waals surface area contributed by atoms with Crippen LogP contribution in [0.2, 0.25) is 0 Å². The standard InChI is InChI=1S/C43H28N2/c1-2-15-30(16-3-1)43-44-38-23-11-13-25-40(38)45(43)39-24-12-10-22-37(39)42-35-20-8-6-18-33(35)41(34-19-7-9-21-36(34)42)32-27-26-29-14-4-5-17-31(29)28-32/h1-28H. The smallest absolute Gasteiger partial charge is 0.145 e. The van der Waals surface area contributed by atoms with Crippen LogP contribution in [0.1, 0.15) is 0 Å². The van der Waals surface area contributed by atoms with Gasteiger partial charge in [-0.25, -0.2) is 4.98 Å². The summed E-state index contributed by atoms with van der Waals surface area (Å²) < 4.78 is 2.33. The summed E-state index contributed by atoms with van der Waals surface area (Å²) in [5.41, 5.74) is 9.17. The highest BCUT2D eigenvalue weighted by molar-refractivity contribution is 6.22. The molecule has 0 N–H and O–H groups in total. The van der Waals surface area contributed by atoms with Gasteiger partial charge in [-0.3, -0.25) is 4.57 Å². The van der Waals surface area contributed by atoms with Gasteiger partial charge in [-0.2, -0.15) is 0 Å². The monoisotopic (exact) mass is 572 g/mol. The number of hydrogen-bond donors (Lipinski definition) is 0. The molecule has 2 heteroatoms. The molecule has 0 amide bonds. The summed E-state index contributed by atoms with van der Waals surface area (Å²) >= 11 is 0. The zero-order chi connectivity index (χ0) is 29.7. The molecular formula is C43H28N2. The van der Waals surface area contributed by atoms with E-state index < -0.39 is 0 Å². The van der Waals surface area contributed by atoms with Gasteiger partial charge in [0.05, 0.1) is 16.7 Å². The SMILES string of the molecule is c1ccc(-c2nc3ccccc3n2-c2ccccc2-c2c3ccccc3c(-c3ccc4ccccc4c3)c3ccccc23)cc1. The molecule has 210 valence electrons. The summed E-state index contributed by atoms with van der Waals surface area (Å²) in [4.78, 5) is 5.16. The molecule has 0 atom stereocenters. The molecule has 1 aromatic heterocycles. The zero-order valence-corrected chi connectivity index (χ0v) is 24.6. The molecule has 45 heavy (non-hydrogen) atoms. The van der Waals surface area contributed by atoms with E-state index in [-0.39, 0.29) is 0 Å². The van der Waals surface area contributed by atoms with E-state index in [9.17, 15) is 0 Å². The first-order chi connectivity index (χ1) is 22.3. The van der Waals surface area contributed by atoms with Gasteiger partial charge < -0.3 is 0 Å². The number of aromatic nitrogens is 2. The van der Waals surface area contributed by atoms with Gasteiger partial charge in [0.25, 0.3) is 0 Å². The number of hydrogen-bond acceptors (Lipinski definition) is 1. The molecule has 8 aromatic carbocycles. The predicted molar refractivity (Wildman–Crippen MR) is 190 cm³/mol. The van der Waals surface area contributed by atoms with Crippen molar-refractivity contribution in [1.29, 1.82) is 0 Å². The maximum atomic E-state index is 5.16. The van der Waals surface area contributed by atoms with E-state index in [1.54, 1.807) is 0 Å². The third-order valence-electron chi connectivity index (χ3n) is 8.98. The van der Waals surface area contributed by atoms with E-state index in [0.29, 0.717) is 0 Å². The summed E-state index contributed by atoms with van der Waals surface area (Å²) in [6, 6.07) is 60.9. The van der Waals surface area contributed by atoms with Crippen LogP contribution in [0.15, 0.2) is 170 Å². The van der Waals surface area contributed by atoms with Crippen LogP contribution in [0.5, 0.6) is 0 Å². The largest absolute Gasteiger partial charge is 0.292 e. The number of rotatable bonds is 4. The molecule has 9 rings (SSSR count). The molecule has 0 unspecified atom stereocenters. The van der Waals surface area contributed by atoms with Crippen LogP contribution in [0.4, 0.5) is 0 Å². The molecular weight excluding hydrogens is 544 g/mol. The van der Waals surface area contributed by atoms with Gasteiger partial charge in [-0.05, 0) is 73.3 Å². The number of benzene rings is 8. The first kappa shape index (κ1) is 25.5. The fraction of sp³-hybridized carbons (Fsp3) is 0. The Morgan fingerprint density at radius 3 is 1.73 bits per heavy atom. The topological polar surface area (TPSA) is 17.8 Å². The van der Waals surface area contributed by atoms with Crippen molar-refractivity contribution in [3.8, 4) is 39.3 Å². The van der Waals surface area contributed by atoms with E-state index in [2.05, 4.69) is 174 Å². The molecule has 0 bridgehead atoms. The number of imidazole rings is 1. The van der Waals surface area contributed by atoms with E-state index in [1.165, 1.54) is 54.6 Å². The van der Waals surface area contributed by atoms with Gasteiger partial charge in [0.15, 0.2) is 0 Å². The van der Waals surface area contributed by atoms with Gasteiger partial charge in [0.2, 0.25) is 0 Å². The zero-order valence-electron chi connectivity index (χ0n) is 24.6. The fourth-order valence-electron chi connectivity index (χ4n) is 7.01. The van der Waals surface area contributed by atoms with Crippen molar-refractivity contribution in [2.24, 2.45) is 0 Å². The van der Waals surface area contributed by atoms with Gasteiger partial charge in [-0.15, -0.1) is 0 Å². The van der Waals surface area contributed by atoms with Crippen molar-refractivity contribution >= 4 is 43.4 Å². The van der Waals surface area contributed by atoms with E-state index in [0.717, 1.165) is 28.1 Å². The Morgan fingerprint density at radius 1 is 0.400 bits per heavy atom. The van der Waals surface area contributed by atoms with Crippen LogP contribution in [-0.4, -0.2) is 9.55 Å². The van der Waals surface area contributed by atoms with E-state index in [1.807, 2.05) is 0 Å². The van der Waals surface area contributed by atoms with Crippen molar-refractivity contribution in [2.45, 2.75) is 0 Å². The molecule has 9 aromatic rings. The van der Waals surface area contributed by atoms with Crippen LogP contribution < -0.4 is 0 Å². The maximum Gasteiger partial charge on any atom is 0.145 e. The average molecular weight is 573 g/mol. The molecule has 0 spiro atoms. The Balaban J connectivity index is 1.39. The minimum Gasteiger partial charge on any atom is -0.292 e. The van der Waals surface area contributed by atoms with Crippen molar-refractivity contribution in [3.63, 3.8) is 0 Å². The van der Waals surface area contributed by atoms with Crippen LogP contribution in [0.3, 0.4) is 0 Å². The lowest BCUT2D eigenvalue weighted by molar-refractivity contribution is 1.10. The maximum absolute atomic E-state index is 5.16. The summed E-state index contributed by atoms with van der Waals surface area (Å²) in [6.07, 6.45) is 0. The van der Waals surface area contributed by atoms with Gasteiger partial charge >= 0.3 is 0 Å². The Kier molecular flexibility index (Phi) is 5.85. The second kappa shape index (κ2) is 10.3. The quantitative estimate of drug-likeness (QED) is 0.192. The second-order valence-corrected chi connectivity index (χ2v) is 11.5. The molecule has 0 saturated heterocycles. The number of fused-ring (bicyclic) bond motifs is 4. The minimum atomic E-state index is 0.936. The summed E-state index contributed by atoms with van der Waals surface area (Å²) in [5.74, 6) is 0.936. The van der Waals surface area contributed by atoms with Crippen LogP contribution in [0.25, 0.3) is 82.7 Å². The first-order valence-corrected chi connectivity index (χ1v) is 15.4. The molecule has 1 heterocycles. The molecule has 0 radical (unpaired) electrons. The Bertz CT molecular complexity index is 2480. The predicted octanol–water partition coefficient (Wildman–Crippen LogP) is 11.5. The van der Waals surface area contributed by atoms with Crippen LogP contribution in [-0.2, 0) is 0 Å². The van der Waals surface area contributed by atoms with Gasteiger partial charge in [0.1, 0.15) is 5.82 Å². The lowest BCUT2D eigenvalue weighted by Crippen LogP contribution is -2.01. The van der Waals surface area contributed by atoms with Crippen molar-refractivity contribution < 1.29 is 0 Å².